The Morgan fingerprint density at radius 2 is 1.87 bits per heavy atom. The number of carbonyl (C=O) groups excluding carboxylic acids is 1. The van der Waals surface area contributed by atoms with Gasteiger partial charge in [0.05, 0.1) is 43.2 Å². The van der Waals surface area contributed by atoms with Gasteiger partial charge in [-0.2, -0.15) is 0 Å². The molecular formula is C21H21FN2O6S. The second-order valence-corrected chi connectivity index (χ2v) is 8.21. The van der Waals surface area contributed by atoms with Crippen LogP contribution >= 0.6 is 0 Å². The van der Waals surface area contributed by atoms with Gasteiger partial charge in [-0.05, 0) is 30.3 Å². The van der Waals surface area contributed by atoms with Crippen molar-refractivity contribution in [1.82, 2.24) is 4.90 Å². The van der Waals surface area contributed by atoms with Crippen LogP contribution in [0.3, 0.4) is 0 Å². The molecule has 0 bridgehead atoms. The molecule has 0 atom stereocenters. The number of nitrogens with zero attached hydrogens (tertiary/aromatic N) is 1. The lowest BCUT2D eigenvalue weighted by Crippen LogP contribution is -2.27. The fraction of sp³-hybridized carbons (Fsp3) is 0.190. The maximum absolute atomic E-state index is 14.0. The monoisotopic (exact) mass is 448 g/mol. The molecule has 0 radical (unpaired) electrons. The molecule has 1 heterocycles. The summed E-state index contributed by atoms with van der Waals surface area (Å²) >= 11 is 0. The van der Waals surface area contributed by atoms with Gasteiger partial charge < -0.3 is 18.8 Å². The largest absolute Gasteiger partial charge is 0.493 e. The minimum Gasteiger partial charge on any atom is -0.493 e. The number of ether oxygens (including phenoxy) is 2. The van der Waals surface area contributed by atoms with Gasteiger partial charge in [-0.1, -0.05) is 12.1 Å². The SMILES string of the molecule is COc1cc(S(=O)(=O)Nc2ccccc2F)cc(C(=O)N(C)Cc2ccco2)c1OC. The van der Waals surface area contributed by atoms with Crippen molar-refractivity contribution in [1.29, 1.82) is 0 Å². The summed E-state index contributed by atoms with van der Waals surface area (Å²) in [6.45, 7) is 0.155. The van der Waals surface area contributed by atoms with Gasteiger partial charge in [-0.3, -0.25) is 9.52 Å². The van der Waals surface area contributed by atoms with Crippen molar-refractivity contribution in [3.63, 3.8) is 0 Å². The van der Waals surface area contributed by atoms with Crippen molar-refractivity contribution >= 4 is 21.6 Å². The van der Waals surface area contributed by atoms with Crippen LogP contribution in [0.25, 0.3) is 0 Å². The lowest BCUT2D eigenvalue weighted by molar-refractivity contribution is 0.0771. The van der Waals surface area contributed by atoms with Crippen LogP contribution in [-0.2, 0) is 16.6 Å². The van der Waals surface area contributed by atoms with E-state index in [0.717, 1.165) is 12.1 Å². The highest BCUT2D eigenvalue weighted by Gasteiger charge is 2.26. The number of para-hydroxylation sites is 1. The first-order valence-electron chi connectivity index (χ1n) is 9.08. The predicted molar refractivity (Wildman–Crippen MR) is 111 cm³/mol. The molecule has 164 valence electrons. The van der Waals surface area contributed by atoms with Crippen molar-refractivity contribution in [2.75, 3.05) is 26.0 Å². The van der Waals surface area contributed by atoms with Gasteiger partial charge in [0.15, 0.2) is 11.5 Å². The Labute approximate surface area is 179 Å². The molecule has 3 aromatic rings. The van der Waals surface area contributed by atoms with Crippen LogP contribution in [0.5, 0.6) is 11.5 Å². The Hall–Kier alpha value is -3.53. The molecule has 0 saturated carbocycles. The number of nitrogens with one attached hydrogen (secondary N) is 1. The molecule has 0 aliphatic carbocycles. The Kier molecular flexibility index (Phi) is 6.50. The van der Waals surface area contributed by atoms with Crippen molar-refractivity contribution in [2.45, 2.75) is 11.4 Å². The number of halogens is 1. The standard InChI is InChI=1S/C21H21FN2O6S/c1-24(13-14-7-6-10-30-14)21(25)16-11-15(12-19(28-2)20(16)29-3)31(26,27)23-18-9-5-4-8-17(18)22/h4-12,23H,13H2,1-3H3. The number of methoxy groups -OCH3 is 2. The molecule has 8 nitrogen and oxygen atoms in total. The molecule has 1 amide bonds. The Bertz CT molecular complexity index is 1180. The number of anilines is 1. The molecular weight excluding hydrogens is 427 g/mol. The van der Waals surface area contributed by atoms with Crippen molar-refractivity contribution in [3.05, 3.63) is 71.9 Å². The Morgan fingerprint density at radius 3 is 2.48 bits per heavy atom. The van der Waals surface area contributed by atoms with Crippen LogP contribution in [0.4, 0.5) is 10.1 Å². The summed E-state index contributed by atoms with van der Waals surface area (Å²) in [5.74, 6) is -0.598. The fourth-order valence-corrected chi connectivity index (χ4v) is 4.02. The number of amides is 1. The van der Waals surface area contributed by atoms with Gasteiger partial charge in [-0.15, -0.1) is 0 Å². The van der Waals surface area contributed by atoms with E-state index in [1.54, 1.807) is 12.1 Å². The van der Waals surface area contributed by atoms with Crippen molar-refractivity contribution in [2.24, 2.45) is 0 Å². The maximum atomic E-state index is 14.0. The lowest BCUT2D eigenvalue weighted by Gasteiger charge is -2.20. The number of sulfonamides is 1. The number of carbonyl (C=O) groups is 1. The molecule has 10 heteroatoms. The third-order valence-electron chi connectivity index (χ3n) is 4.43. The number of hydrogen-bond donors (Lipinski definition) is 1. The highest BCUT2D eigenvalue weighted by molar-refractivity contribution is 7.92. The highest BCUT2D eigenvalue weighted by Crippen LogP contribution is 2.35. The van der Waals surface area contributed by atoms with E-state index in [2.05, 4.69) is 4.72 Å². The molecule has 1 aromatic heterocycles. The van der Waals surface area contributed by atoms with E-state index in [0.29, 0.717) is 5.76 Å². The molecule has 1 N–H and O–H groups in total. The van der Waals surface area contributed by atoms with Crippen LogP contribution in [0.2, 0.25) is 0 Å². The third-order valence-corrected chi connectivity index (χ3v) is 5.78. The fourth-order valence-electron chi connectivity index (χ4n) is 2.91. The molecule has 0 aliphatic rings. The summed E-state index contributed by atoms with van der Waals surface area (Å²) in [5.41, 5.74) is -0.259. The lowest BCUT2D eigenvalue weighted by atomic mass is 10.1. The van der Waals surface area contributed by atoms with Gasteiger partial charge in [0, 0.05) is 13.1 Å². The minimum absolute atomic E-state index is 0.0358. The van der Waals surface area contributed by atoms with Crippen LogP contribution in [0, 0.1) is 5.82 Å². The van der Waals surface area contributed by atoms with E-state index >= 15 is 0 Å². The summed E-state index contributed by atoms with van der Waals surface area (Å²) in [4.78, 5) is 14.1. The predicted octanol–water partition coefficient (Wildman–Crippen LogP) is 3.51. The van der Waals surface area contributed by atoms with E-state index in [4.69, 9.17) is 13.9 Å². The molecule has 0 aliphatic heterocycles. The average molecular weight is 448 g/mol. The molecule has 0 fully saturated rings. The van der Waals surface area contributed by atoms with Gasteiger partial charge in [0.25, 0.3) is 15.9 Å². The first kappa shape index (κ1) is 22.2. The quantitative estimate of drug-likeness (QED) is 0.566. The first-order valence-corrected chi connectivity index (χ1v) is 10.6. The number of rotatable bonds is 8. The van der Waals surface area contributed by atoms with E-state index < -0.39 is 21.7 Å². The van der Waals surface area contributed by atoms with E-state index in [-0.39, 0.29) is 34.2 Å². The maximum Gasteiger partial charge on any atom is 0.262 e. The number of hydrogen-bond acceptors (Lipinski definition) is 6. The second kappa shape index (κ2) is 9.09. The summed E-state index contributed by atoms with van der Waals surface area (Å²) in [7, 11) is -0.0436. The zero-order valence-electron chi connectivity index (χ0n) is 17.1. The average Bonchev–Trinajstić information content (AvgIpc) is 3.26. The summed E-state index contributed by atoms with van der Waals surface area (Å²) in [5, 5.41) is 0. The van der Waals surface area contributed by atoms with E-state index in [1.165, 1.54) is 56.7 Å². The zero-order valence-corrected chi connectivity index (χ0v) is 17.9. The van der Waals surface area contributed by atoms with Crippen LogP contribution < -0.4 is 14.2 Å². The normalized spacial score (nSPS) is 11.1. The molecule has 2 aromatic carbocycles. The molecule has 0 spiro atoms. The van der Waals surface area contributed by atoms with Crippen molar-refractivity contribution < 1.29 is 31.5 Å². The van der Waals surface area contributed by atoms with Crippen molar-refractivity contribution in [3.8, 4) is 11.5 Å². The number of benzene rings is 2. The molecule has 0 unspecified atom stereocenters. The molecule has 3 rings (SSSR count). The summed E-state index contributed by atoms with van der Waals surface area (Å²) < 4.78 is 57.8. The summed E-state index contributed by atoms with van der Waals surface area (Å²) in [6.07, 6.45) is 1.48. The van der Waals surface area contributed by atoms with Crippen LogP contribution in [-0.4, -0.2) is 40.5 Å². The van der Waals surface area contributed by atoms with Crippen LogP contribution in [0.15, 0.2) is 64.1 Å². The van der Waals surface area contributed by atoms with Gasteiger partial charge in [-0.25, -0.2) is 12.8 Å². The topological polar surface area (TPSA) is 98.1 Å². The van der Waals surface area contributed by atoms with Crippen LogP contribution in [0.1, 0.15) is 16.1 Å². The Morgan fingerprint density at radius 1 is 1.13 bits per heavy atom. The smallest absolute Gasteiger partial charge is 0.262 e. The van der Waals surface area contributed by atoms with E-state index in [9.17, 15) is 17.6 Å². The van der Waals surface area contributed by atoms with Gasteiger partial charge >= 0.3 is 0 Å². The second-order valence-electron chi connectivity index (χ2n) is 6.53. The highest BCUT2D eigenvalue weighted by atomic mass is 32.2. The number of furan rings is 1. The third kappa shape index (κ3) is 4.80. The van der Waals surface area contributed by atoms with E-state index in [1.807, 2.05) is 0 Å². The Balaban J connectivity index is 2.02. The van der Waals surface area contributed by atoms with Gasteiger partial charge in [0.2, 0.25) is 0 Å². The zero-order chi connectivity index (χ0) is 22.6. The molecule has 31 heavy (non-hydrogen) atoms. The van der Waals surface area contributed by atoms with Gasteiger partial charge in [0.1, 0.15) is 11.6 Å². The molecule has 0 saturated heterocycles. The first-order chi connectivity index (χ1) is 14.8. The summed E-state index contributed by atoms with van der Waals surface area (Å²) in [6, 6.07) is 11.1. The minimum atomic E-state index is -4.24.